The van der Waals surface area contributed by atoms with Crippen LogP contribution in [0.3, 0.4) is 0 Å². The van der Waals surface area contributed by atoms with E-state index in [2.05, 4.69) is 18.7 Å². The van der Waals surface area contributed by atoms with Crippen molar-refractivity contribution in [2.24, 2.45) is 11.8 Å². The molecular formula is C14H21FN2. The summed E-state index contributed by atoms with van der Waals surface area (Å²) in [5, 5.41) is 0. The van der Waals surface area contributed by atoms with Crippen LogP contribution in [-0.2, 0) is 6.54 Å². The van der Waals surface area contributed by atoms with Crippen LogP contribution >= 0.6 is 0 Å². The third-order valence-electron chi connectivity index (χ3n) is 3.79. The van der Waals surface area contributed by atoms with E-state index in [1.807, 2.05) is 6.07 Å². The van der Waals surface area contributed by atoms with Crippen molar-refractivity contribution in [3.8, 4) is 0 Å². The van der Waals surface area contributed by atoms with E-state index in [1.165, 1.54) is 12.5 Å². The number of hydrogen-bond acceptors (Lipinski definition) is 2. The Balaban J connectivity index is 2.00. The molecule has 0 aliphatic carbocycles. The number of nitrogen functional groups attached to an aromatic ring is 1. The lowest BCUT2D eigenvalue weighted by molar-refractivity contribution is 0.297. The van der Waals surface area contributed by atoms with E-state index in [9.17, 15) is 4.39 Å². The lowest BCUT2D eigenvalue weighted by Crippen LogP contribution is -2.22. The number of para-hydroxylation sites is 1. The van der Waals surface area contributed by atoms with Crippen molar-refractivity contribution in [2.45, 2.75) is 26.8 Å². The first kappa shape index (κ1) is 12.4. The molecule has 0 bridgehead atoms. The maximum atomic E-state index is 13.3. The van der Waals surface area contributed by atoms with Gasteiger partial charge < -0.3 is 5.73 Å². The minimum Gasteiger partial charge on any atom is -0.396 e. The number of nitrogens with zero attached hydrogens (tertiary/aromatic N) is 1. The zero-order chi connectivity index (χ0) is 12.4. The highest BCUT2D eigenvalue weighted by Crippen LogP contribution is 2.26. The SMILES string of the molecule is CC(C)C1CCN(Cc2cccc(F)c2N)C1. The van der Waals surface area contributed by atoms with Crippen LogP contribution in [0.1, 0.15) is 25.8 Å². The van der Waals surface area contributed by atoms with Gasteiger partial charge in [-0.05, 0) is 36.4 Å². The topological polar surface area (TPSA) is 29.3 Å². The van der Waals surface area contributed by atoms with Gasteiger partial charge >= 0.3 is 0 Å². The zero-order valence-corrected chi connectivity index (χ0v) is 10.6. The molecule has 1 aromatic rings. The molecule has 3 heteroatoms. The molecule has 94 valence electrons. The van der Waals surface area contributed by atoms with Crippen molar-refractivity contribution < 1.29 is 4.39 Å². The van der Waals surface area contributed by atoms with Crippen molar-refractivity contribution in [3.63, 3.8) is 0 Å². The maximum Gasteiger partial charge on any atom is 0.146 e. The van der Waals surface area contributed by atoms with Crippen molar-refractivity contribution in [1.29, 1.82) is 0 Å². The second kappa shape index (κ2) is 5.05. The summed E-state index contributed by atoms with van der Waals surface area (Å²) in [6, 6.07) is 5.07. The van der Waals surface area contributed by atoms with Gasteiger partial charge in [0.05, 0.1) is 5.69 Å². The molecule has 1 fully saturated rings. The lowest BCUT2D eigenvalue weighted by Gasteiger charge is -2.18. The fourth-order valence-corrected chi connectivity index (χ4v) is 2.51. The summed E-state index contributed by atoms with van der Waals surface area (Å²) in [6.07, 6.45) is 1.24. The van der Waals surface area contributed by atoms with Gasteiger partial charge in [0.2, 0.25) is 0 Å². The van der Waals surface area contributed by atoms with Crippen LogP contribution in [0.25, 0.3) is 0 Å². The Morgan fingerprint density at radius 1 is 1.47 bits per heavy atom. The predicted molar refractivity (Wildman–Crippen MR) is 69.0 cm³/mol. The molecule has 1 atom stereocenters. The third kappa shape index (κ3) is 2.78. The smallest absolute Gasteiger partial charge is 0.146 e. The van der Waals surface area contributed by atoms with E-state index < -0.39 is 0 Å². The van der Waals surface area contributed by atoms with Crippen LogP contribution in [0.5, 0.6) is 0 Å². The van der Waals surface area contributed by atoms with E-state index in [4.69, 9.17) is 5.73 Å². The molecule has 1 aliphatic rings. The molecule has 1 aromatic carbocycles. The van der Waals surface area contributed by atoms with Gasteiger partial charge in [0.25, 0.3) is 0 Å². The maximum absolute atomic E-state index is 13.3. The number of likely N-dealkylation sites (tertiary alicyclic amines) is 1. The van der Waals surface area contributed by atoms with Gasteiger partial charge in [0.15, 0.2) is 0 Å². The summed E-state index contributed by atoms with van der Waals surface area (Å²) in [5.41, 5.74) is 6.97. The zero-order valence-electron chi connectivity index (χ0n) is 10.6. The van der Waals surface area contributed by atoms with E-state index >= 15 is 0 Å². The van der Waals surface area contributed by atoms with Crippen molar-refractivity contribution in [3.05, 3.63) is 29.6 Å². The Hall–Kier alpha value is -1.09. The molecule has 17 heavy (non-hydrogen) atoms. The van der Waals surface area contributed by atoms with Gasteiger partial charge in [0.1, 0.15) is 5.82 Å². The summed E-state index contributed by atoms with van der Waals surface area (Å²) in [7, 11) is 0. The average molecular weight is 236 g/mol. The van der Waals surface area contributed by atoms with E-state index in [-0.39, 0.29) is 5.82 Å². The molecule has 1 aliphatic heterocycles. The van der Waals surface area contributed by atoms with Crippen LogP contribution in [0, 0.1) is 17.7 Å². The van der Waals surface area contributed by atoms with Gasteiger partial charge in [-0.2, -0.15) is 0 Å². The first-order valence-corrected chi connectivity index (χ1v) is 6.33. The standard InChI is InChI=1S/C14H21FN2/c1-10(2)11-6-7-17(8-11)9-12-4-3-5-13(15)14(12)16/h3-5,10-11H,6-9,16H2,1-2H3. The van der Waals surface area contributed by atoms with Gasteiger partial charge in [-0.15, -0.1) is 0 Å². The van der Waals surface area contributed by atoms with Crippen molar-refractivity contribution in [1.82, 2.24) is 4.90 Å². The van der Waals surface area contributed by atoms with Crippen LogP contribution in [0.15, 0.2) is 18.2 Å². The first-order valence-electron chi connectivity index (χ1n) is 6.33. The second-order valence-electron chi connectivity index (χ2n) is 5.34. The predicted octanol–water partition coefficient (Wildman–Crippen LogP) is 2.89. The molecule has 0 amide bonds. The van der Waals surface area contributed by atoms with Gasteiger partial charge in [-0.25, -0.2) is 4.39 Å². The molecule has 0 saturated carbocycles. The summed E-state index contributed by atoms with van der Waals surface area (Å²) >= 11 is 0. The highest BCUT2D eigenvalue weighted by molar-refractivity contribution is 5.47. The largest absolute Gasteiger partial charge is 0.396 e. The molecule has 0 aromatic heterocycles. The van der Waals surface area contributed by atoms with Crippen LogP contribution < -0.4 is 5.73 Å². The fraction of sp³-hybridized carbons (Fsp3) is 0.571. The third-order valence-corrected chi connectivity index (χ3v) is 3.79. The summed E-state index contributed by atoms with van der Waals surface area (Å²) < 4.78 is 13.3. The summed E-state index contributed by atoms with van der Waals surface area (Å²) in [4.78, 5) is 2.37. The summed E-state index contributed by atoms with van der Waals surface area (Å²) in [6.45, 7) is 7.51. The average Bonchev–Trinajstić information content (AvgIpc) is 2.73. The molecule has 1 saturated heterocycles. The molecular weight excluding hydrogens is 215 g/mol. The monoisotopic (exact) mass is 236 g/mol. The molecule has 2 N–H and O–H groups in total. The Labute approximate surface area is 103 Å². The molecule has 2 nitrogen and oxygen atoms in total. The lowest BCUT2D eigenvalue weighted by atomic mass is 9.95. The van der Waals surface area contributed by atoms with Crippen LogP contribution in [0.4, 0.5) is 10.1 Å². The van der Waals surface area contributed by atoms with Crippen molar-refractivity contribution >= 4 is 5.69 Å². The van der Waals surface area contributed by atoms with Crippen molar-refractivity contribution in [2.75, 3.05) is 18.8 Å². The highest BCUT2D eigenvalue weighted by atomic mass is 19.1. The van der Waals surface area contributed by atoms with Gasteiger partial charge in [-0.3, -0.25) is 4.90 Å². The number of nitrogens with two attached hydrogens (primary N) is 1. The molecule has 0 spiro atoms. The number of hydrogen-bond donors (Lipinski definition) is 1. The molecule has 0 radical (unpaired) electrons. The van der Waals surface area contributed by atoms with Gasteiger partial charge in [0, 0.05) is 13.1 Å². The molecule has 1 heterocycles. The number of rotatable bonds is 3. The number of anilines is 1. The highest BCUT2D eigenvalue weighted by Gasteiger charge is 2.25. The Bertz CT molecular complexity index is 390. The molecule has 2 rings (SSSR count). The van der Waals surface area contributed by atoms with Gasteiger partial charge in [-0.1, -0.05) is 26.0 Å². The minimum absolute atomic E-state index is 0.304. The van der Waals surface area contributed by atoms with Crippen LogP contribution in [-0.4, -0.2) is 18.0 Å². The van der Waals surface area contributed by atoms with E-state index in [0.717, 1.165) is 37.0 Å². The Morgan fingerprint density at radius 2 is 2.24 bits per heavy atom. The Morgan fingerprint density at radius 3 is 2.88 bits per heavy atom. The van der Waals surface area contributed by atoms with E-state index in [0.29, 0.717) is 5.69 Å². The normalized spacial score (nSPS) is 21.3. The van der Waals surface area contributed by atoms with E-state index in [1.54, 1.807) is 6.07 Å². The number of halogens is 1. The van der Waals surface area contributed by atoms with Crippen LogP contribution in [0.2, 0.25) is 0 Å². The minimum atomic E-state index is -0.304. The quantitative estimate of drug-likeness (QED) is 0.818. The summed E-state index contributed by atoms with van der Waals surface area (Å²) in [5.74, 6) is 1.19. The number of benzene rings is 1. The molecule has 1 unspecified atom stereocenters. The first-order chi connectivity index (χ1) is 8.08. The second-order valence-corrected chi connectivity index (χ2v) is 5.34. The Kier molecular flexibility index (Phi) is 3.67. The fourth-order valence-electron chi connectivity index (χ4n) is 2.51.